The summed E-state index contributed by atoms with van der Waals surface area (Å²) in [5, 5.41) is 0. The van der Waals surface area contributed by atoms with E-state index in [9.17, 15) is 4.79 Å². The van der Waals surface area contributed by atoms with Crippen LogP contribution >= 0.6 is 0 Å². The lowest BCUT2D eigenvalue weighted by Crippen LogP contribution is -2.52. The Labute approximate surface area is 129 Å². The van der Waals surface area contributed by atoms with Gasteiger partial charge >= 0.3 is 0 Å². The Morgan fingerprint density at radius 1 is 1.24 bits per heavy atom. The number of amides is 1. The smallest absolute Gasteiger partial charge is 0.229 e. The lowest BCUT2D eigenvalue weighted by Gasteiger charge is -2.42. The summed E-state index contributed by atoms with van der Waals surface area (Å²) in [6.07, 6.45) is 5.55. The second kappa shape index (κ2) is 7.07. The summed E-state index contributed by atoms with van der Waals surface area (Å²) in [7, 11) is 6.31. The molecule has 5 nitrogen and oxygen atoms in total. The van der Waals surface area contributed by atoms with E-state index in [4.69, 9.17) is 5.73 Å². The van der Waals surface area contributed by atoms with Gasteiger partial charge in [-0.2, -0.15) is 0 Å². The Morgan fingerprint density at radius 2 is 1.86 bits per heavy atom. The van der Waals surface area contributed by atoms with Gasteiger partial charge in [-0.15, -0.1) is 0 Å². The minimum Gasteiger partial charge on any atom is -0.344 e. The third-order valence-electron chi connectivity index (χ3n) is 5.60. The van der Waals surface area contributed by atoms with Crippen LogP contribution in [0, 0.1) is 5.41 Å². The molecule has 122 valence electrons. The van der Waals surface area contributed by atoms with Crippen molar-refractivity contribution in [2.24, 2.45) is 11.1 Å². The van der Waals surface area contributed by atoms with Gasteiger partial charge in [0.1, 0.15) is 0 Å². The molecule has 1 saturated heterocycles. The van der Waals surface area contributed by atoms with E-state index in [1.165, 1.54) is 25.9 Å². The van der Waals surface area contributed by atoms with Gasteiger partial charge in [0.25, 0.3) is 0 Å². The highest BCUT2D eigenvalue weighted by Gasteiger charge is 2.44. The number of hydrogen-bond acceptors (Lipinski definition) is 4. The van der Waals surface area contributed by atoms with Crippen LogP contribution in [0.4, 0.5) is 0 Å². The fourth-order valence-electron chi connectivity index (χ4n) is 3.54. The molecule has 2 rings (SSSR count). The quantitative estimate of drug-likeness (QED) is 0.780. The van der Waals surface area contributed by atoms with Crippen molar-refractivity contribution < 1.29 is 4.79 Å². The van der Waals surface area contributed by atoms with Crippen LogP contribution in [0.25, 0.3) is 0 Å². The highest BCUT2D eigenvalue weighted by Crippen LogP contribution is 2.41. The summed E-state index contributed by atoms with van der Waals surface area (Å²) in [6, 6.07) is 0.664. The number of piperidine rings is 1. The van der Waals surface area contributed by atoms with Crippen molar-refractivity contribution >= 4 is 5.91 Å². The van der Waals surface area contributed by atoms with Crippen molar-refractivity contribution in [3.05, 3.63) is 0 Å². The summed E-state index contributed by atoms with van der Waals surface area (Å²) in [5.74, 6) is 0.257. The Bertz CT molecular complexity index is 343. The number of nitrogens with zero attached hydrogens (tertiary/aromatic N) is 3. The van der Waals surface area contributed by atoms with E-state index in [2.05, 4.69) is 23.9 Å². The maximum absolute atomic E-state index is 12.5. The average molecular weight is 296 g/mol. The van der Waals surface area contributed by atoms with E-state index in [1.54, 1.807) is 0 Å². The van der Waals surface area contributed by atoms with E-state index in [0.29, 0.717) is 12.6 Å². The van der Waals surface area contributed by atoms with Gasteiger partial charge in [0.2, 0.25) is 5.91 Å². The molecule has 2 N–H and O–H groups in total. The Balaban J connectivity index is 1.75. The summed E-state index contributed by atoms with van der Waals surface area (Å²) in [4.78, 5) is 19.2. The molecule has 0 spiro atoms. The van der Waals surface area contributed by atoms with Gasteiger partial charge in [0.05, 0.1) is 5.41 Å². The van der Waals surface area contributed by atoms with E-state index in [-0.39, 0.29) is 11.3 Å². The fourth-order valence-corrected chi connectivity index (χ4v) is 3.54. The first kappa shape index (κ1) is 16.7. The van der Waals surface area contributed by atoms with Gasteiger partial charge in [-0.1, -0.05) is 6.42 Å². The van der Waals surface area contributed by atoms with Crippen LogP contribution in [-0.4, -0.2) is 80.5 Å². The molecule has 0 aromatic heterocycles. The van der Waals surface area contributed by atoms with Crippen LogP contribution in [0.5, 0.6) is 0 Å². The highest BCUT2D eigenvalue weighted by molar-refractivity contribution is 5.83. The Hall–Kier alpha value is -0.650. The molecule has 2 fully saturated rings. The number of rotatable bonds is 6. The molecule has 0 bridgehead atoms. The van der Waals surface area contributed by atoms with Crippen molar-refractivity contribution in [3.63, 3.8) is 0 Å². The number of likely N-dealkylation sites (N-methyl/N-ethyl adjacent to an activating group) is 2. The topological polar surface area (TPSA) is 52.8 Å². The van der Waals surface area contributed by atoms with Crippen LogP contribution in [0.2, 0.25) is 0 Å². The van der Waals surface area contributed by atoms with Crippen LogP contribution < -0.4 is 5.73 Å². The van der Waals surface area contributed by atoms with Crippen molar-refractivity contribution in [1.82, 2.24) is 14.7 Å². The summed E-state index contributed by atoms with van der Waals surface area (Å²) in [5.41, 5.74) is 5.60. The zero-order valence-corrected chi connectivity index (χ0v) is 14.0. The summed E-state index contributed by atoms with van der Waals surface area (Å²) < 4.78 is 0. The second-order valence-corrected chi connectivity index (χ2v) is 7.08. The molecule has 1 aliphatic heterocycles. The van der Waals surface area contributed by atoms with E-state index < -0.39 is 0 Å². The van der Waals surface area contributed by atoms with Gasteiger partial charge in [-0.05, 0) is 52.9 Å². The molecular weight excluding hydrogens is 264 g/mol. The second-order valence-electron chi connectivity index (χ2n) is 7.08. The van der Waals surface area contributed by atoms with Crippen LogP contribution in [0.15, 0.2) is 0 Å². The van der Waals surface area contributed by atoms with Gasteiger partial charge in [0.15, 0.2) is 0 Å². The molecule has 0 aromatic carbocycles. The lowest BCUT2D eigenvalue weighted by molar-refractivity contribution is -0.145. The van der Waals surface area contributed by atoms with Crippen molar-refractivity contribution in [2.75, 3.05) is 53.9 Å². The van der Waals surface area contributed by atoms with Gasteiger partial charge in [-0.3, -0.25) is 4.79 Å². The first-order valence-electron chi connectivity index (χ1n) is 8.33. The zero-order valence-electron chi connectivity index (χ0n) is 14.0. The molecule has 1 aliphatic carbocycles. The Kier molecular flexibility index (Phi) is 5.63. The van der Waals surface area contributed by atoms with Gasteiger partial charge < -0.3 is 20.4 Å². The molecule has 1 saturated carbocycles. The minimum absolute atomic E-state index is 0.235. The van der Waals surface area contributed by atoms with Crippen molar-refractivity contribution in [2.45, 2.75) is 38.1 Å². The molecule has 0 radical (unpaired) electrons. The SMILES string of the molecule is CN1CCC(N(C)CCN(C)C(=O)C2(CN)CCC2)CC1. The van der Waals surface area contributed by atoms with Crippen molar-refractivity contribution in [3.8, 4) is 0 Å². The number of likely N-dealkylation sites (tertiary alicyclic amines) is 1. The van der Waals surface area contributed by atoms with E-state index >= 15 is 0 Å². The standard InChI is InChI=1S/C16H32N4O/c1-18-9-5-14(6-10-18)19(2)11-12-20(3)15(21)16(13-17)7-4-8-16/h14H,4-13,17H2,1-3H3. The molecular formula is C16H32N4O. The van der Waals surface area contributed by atoms with Crippen LogP contribution in [0.3, 0.4) is 0 Å². The first-order chi connectivity index (χ1) is 9.98. The van der Waals surface area contributed by atoms with Crippen LogP contribution in [0.1, 0.15) is 32.1 Å². The molecule has 0 atom stereocenters. The summed E-state index contributed by atoms with van der Waals surface area (Å²) >= 11 is 0. The first-order valence-corrected chi connectivity index (χ1v) is 8.33. The van der Waals surface area contributed by atoms with Gasteiger partial charge in [-0.25, -0.2) is 0 Å². The largest absolute Gasteiger partial charge is 0.344 e. The van der Waals surface area contributed by atoms with E-state index in [1.807, 2.05) is 11.9 Å². The van der Waals surface area contributed by atoms with E-state index in [0.717, 1.165) is 32.4 Å². The average Bonchev–Trinajstić information content (AvgIpc) is 2.44. The third kappa shape index (κ3) is 3.76. The molecule has 2 aliphatic rings. The predicted octanol–water partition coefficient (Wildman–Crippen LogP) is 0.600. The number of hydrogen-bond donors (Lipinski definition) is 1. The molecule has 1 heterocycles. The predicted molar refractivity (Wildman–Crippen MR) is 86.1 cm³/mol. The van der Waals surface area contributed by atoms with Gasteiger partial charge in [0, 0.05) is 32.7 Å². The monoisotopic (exact) mass is 296 g/mol. The normalized spacial score (nSPS) is 23.1. The highest BCUT2D eigenvalue weighted by atomic mass is 16.2. The Morgan fingerprint density at radius 3 is 2.33 bits per heavy atom. The zero-order chi connectivity index (χ0) is 15.5. The van der Waals surface area contributed by atoms with Crippen molar-refractivity contribution in [1.29, 1.82) is 0 Å². The number of carbonyl (C=O) groups is 1. The fraction of sp³-hybridized carbons (Fsp3) is 0.938. The number of nitrogens with two attached hydrogens (primary N) is 1. The molecule has 1 amide bonds. The molecule has 0 aromatic rings. The third-order valence-corrected chi connectivity index (χ3v) is 5.60. The maximum atomic E-state index is 12.5. The molecule has 5 heteroatoms. The lowest BCUT2D eigenvalue weighted by atomic mass is 9.68. The summed E-state index contributed by atoms with van der Waals surface area (Å²) in [6.45, 7) is 4.63. The number of carbonyl (C=O) groups excluding carboxylic acids is 1. The minimum atomic E-state index is -0.235. The maximum Gasteiger partial charge on any atom is 0.229 e. The van der Waals surface area contributed by atoms with Crippen LogP contribution in [-0.2, 0) is 4.79 Å². The molecule has 21 heavy (non-hydrogen) atoms. The molecule has 0 unspecified atom stereocenters.